The van der Waals surface area contributed by atoms with Crippen LogP contribution in [0.1, 0.15) is 20.8 Å². The SMILES string of the molecule is CC(C)(C)OC(=O)C(N)C(CN)S(C)(=O)=O. The van der Waals surface area contributed by atoms with Crippen molar-refractivity contribution in [2.24, 2.45) is 11.5 Å². The van der Waals surface area contributed by atoms with E-state index in [1.165, 1.54) is 0 Å². The first-order valence-corrected chi connectivity index (χ1v) is 6.82. The highest BCUT2D eigenvalue weighted by Crippen LogP contribution is 2.11. The summed E-state index contributed by atoms with van der Waals surface area (Å²) in [5.41, 5.74) is 10.1. The molecule has 0 saturated carbocycles. The van der Waals surface area contributed by atoms with Gasteiger partial charge in [-0.15, -0.1) is 0 Å². The quantitative estimate of drug-likeness (QED) is 0.622. The van der Waals surface area contributed by atoms with Gasteiger partial charge in [0.05, 0.1) is 5.25 Å². The van der Waals surface area contributed by atoms with Gasteiger partial charge in [0.25, 0.3) is 0 Å². The Bertz CT molecular complexity index is 345. The number of hydrogen-bond donors (Lipinski definition) is 2. The zero-order valence-electron chi connectivity index (χ0n) is 10.1. The van der Waals surface area contributed by atoms with Crippen LogP contribution in [0.25, 0.3) is 0 Å². The lowest BCUT2D eigenvalue weighted by Gasteiger charge is -2.25. The van der Waals surface area contributed by atoms with Crippen LogP contribution < -0.4 is 11.5 Å². The highest BCUT2D eigenvalue weighted by Gasteiger charge is 2.34. The van der Waals surface area contributed by atoms with E-state index in [1.54, 1.807) is 20.8 Å². The van der Waals surface area contributed by atoms with Crippen LogP contribution in [-0.2, 0) is 19.4 Å². The highest BCUT2D eigenvalue weighted by atomic mass is 32.2. The molecule has 2 atom stereocenters. The molecule has 0 bridgehead atoms. The topological polar surface area (TPSA) is 112 Å². The smallest absolute Gasteiger partial charge is 0.324 e. The maximum Gasteiger partial charge on any atom is 0.324 e. The molecule has 0 aromatic carbocycles. The van der Waals surface area contributed by atoms with Crippen molar-refractivity contribution in [3.8, 4) is 0 Å². The molecule has 16 heavy (non-hydrogen) atoms. The summed E-state index contributed by atoms with van der Waals surface area (Å²) in [6.07, 6.45) is 0.995. The molecule has 0 aliphatic heterocycles. The number of sulfone groups is 1. The van der Waals surface area contributed by atoms with Crippen molar-refractivity contribution in [3.63, 3.8) is 0 Å². The average Bonchev–Trinajstić information content (AvgIpc) is 1.99. The van der Waals surface area contributed by atoms with E-state index in [0.717, 1.165) is 6.26 Å². The Hall–Kier alpha value is -0.660. The maximum absolute atomic E-state index is 11.5. The van der Waals surface area contributed by atoms with Gasteiger partial charge in [0.1, 0.15) is 11.6 Å². The number of carbonyl (C=O) groups is 1. The minimum atomic E-state index is -3.47. The summed E-state index contributed by atoms with van der Waals surface area (Å²) in [5, 5.41) is -1.11. The fourth-order valence-corrected chi connectivity index (χ4v) is 2.10. The molecule has 6 nitrogen and oxygen atoms in total. The predicted molar refractivity (Wildman–Crippen MR) is 61.5 cm³/mol. The van der Waals surface area contributed by atoms with E-state index in [1.807, 2.05) is 0 Å². The van der Waals surface area contributed by atoms with Crippen molar-refractivity contribution in [3.05, 3.63) is 0 Å². The van der Waals surface area contributed by atoms with Crippen molar-refractivity contribution in [2.45, 2.75) is 37.7 Å². The van der Waals surface area contributed by atoms with Gasteiger partial charge in [-0.05, 0) is 20.8 Å². The fraction of sp³-hybridized carbons (Fsp3) is 0.889. The van der Waals surface area contributed by atoms with Gasteiger partial charge in [0.15, 0.2) is 9.84 Å². The van der Waals surface area contributed by atoms with E-state index in [0.29, 0.717) is 0 Å². The van der Waals surface area contributed by atoms with Crippen molar-refractivity contribution >= 4 is 15.8 Å². The Balaban J connectivity index is 4.78. The third-order valence-corrected chi connectivity index (χ3v) is 3.45. The molecular formula is C9H20N2O4S. The average molecular weight is 252 g/mol. The number of ether oxygens (including phenoxy) is 1. The summed E-state index contributed by atoms with van der Waals surface area (Å²) in [4.78, 5) is 11.5. The molecule has 7 heteroatoms. The summed E-state index contributed by atoms with van der Waals surface area (Å²) < 4.78 is 27.6. The molecule has 0 heterocycles. The summed E-state index contributed by atoms with van der Waals surface area (Å²) in [6.45, 7) is 4.82. The number of nitrogens with two attached hydrogens (primary N) is 2. The third-order valence-electron chi connectivity index (χ3n) is 1.86. The summed E-state index contributed by atoms with van der Waals surface area (Å²) in [6, 6.07) is -1.25. The van der Waals surface area contributed by atoms with Crippen LogP contribution in [0.2, 0.25) is 0 Å². The molecule has 0 saturated heterocycles. The molecule has 96 valence electrons. The number of carbonyl (C=O) groups excluding carboxylic acids is 1. The molecule has 0 aliphatic carbocycles. The number of rotatable bonds is 4. The lowest BCUT2D eigenvalue weighted by atomic mass is 10.1. The molecule has 4 N–H and O–H groups in total. The van der Waals surface area contributed by atoms with E-state index in [4.69, 9.17) is 16.2 Å². The van der Waals surface area contributed by atoms with Crippen LogP contribution in [0.3, 0.4) is 0 Å². The Morgan fingerprint density at radius 2 is 1.81 bits per heavy atom. The van der Waals surface area contributed by atoms with Crippen LogP contribution in [0.5, 0.6) is 0 Å². The van der Waals surface area contributed by atoms with Gasteiger partial charge in [0, 0.05) is 12.8 Å². The lowest BCUT2D eigenvalue weighted by Crippen LogP contribution is -2.51. The Kier molecular flexibility index (Phi) is 4.90. The fourth-order valence-electron chi connectivity index (χ4n) is 1.11. The summed E-state index contributed by atoms with van der Waals surface area (Å²) in [7, 11) is -3.47. The third kappa shape index (κ3) is 4.91. The lowest BCUT2D eigenvalue weighted by molar-refractivity contribution is -0.156. The highest BCUT2D eigenvalue weighted by molar-refractivity contribution is 7.91. The molecule has 0 aromatic rings. The van der Waals surface area contributed by atoms with Crippen LogP contribution in [0.15, 0.2) is 0 Å². The standard InChI is InChI=1S/C9H20N2O4S/c1-9(2,3)15-8(12)7(11)6(5-10)16(4,13)14/h6-7H,5,10-11H2,1-4H3. The van der Waals surface area contributed by atoms with Gasteiger partial charge in [0.2, 0.25) is 0 Å². The van der Waals surface area contributed by atoms with Crippen molar-refractivity contribution in [1.29, 1.82) is 0 Å². The molecule has 2 unspecified atom stereocenters. The van der Waals surface area contributed by atoms with E-state index < -0.39 is 32.7 Å². The largest absolute Gasteiger partial charge is 0.459 e. The van der Waals surface area contributed by atoms with E-state index in [-0.39, 0.29) is 6.54 Å². The summed E-state index contributed by atoms with van der Waals surface area (Å²) >= 11 is 0. The molecule has 0 fully saturated rings. The Morgan fingerprint density at radius 1 is 1.38 bits per heavy atom. The first kappa shape index (κ1) is 15.3. The van der Waals surface area contributed by atoms with E-state index in [2.05, 4.69) is 0 Å². The summed E-state index contributed by atoms with van der Waals surface area (Å²) in [5.74, 6) is -0.756. The molecule has 0 spiro atoms. The molecule has 0 amide bonds. The van der Waals surface area contributed by atoms with Crippen LogP contribution in [-0.4, -0.2) is 44.1 Å². The monoisotopic (exact) mass is 252 g/mol. The molecule has 0 radical (unpaired) electrons. The van der Waals surface area contributed by atoms with Gasteiger partial charge < -0.3 is 16.2 Å². The zero-order chi connectivity index (χ0) is 13.1. The van der Waals surface area contributed by atoms with Gasteiger partial charge >= 0.3 is 5.97 Å². The van der Waals surface area contributed by atoms with Crippen LogP contribution >= 0.6 is 0 Å². The van der Waals surface area contributed by atoms with Gasteiger partial charge in [-0.3, -0.25) is 4.79 Å². The second-order valence-electron chi connectivity index (χ2n) is 4.66. The van der Waals surface area contributed by atoms with Crippen LogP contribution in [0, 0.1) is 0 Å². The van der Waals surface area contributed by atoms with Crippen molar-refractivity contribution < 1.29 is 17.9 Å². The van der Waals surface area contributed by atoms with Gasteiger partial charge in [-0.1, -0.05) is 0 Å². The first-order valence-electron chi connectivity index (χ1n) is 4.86. The van der Waals surface area contributed by atoms with Crippen molar-refractivity contribution in [1.82, 2.24) is 0 Å². The van der Waals surface area contributed by atoms with Gasteiger partial charge in [-0.25, -0.2) is 8.42 Å². The van der Waals surface area contributed by atoms with E-state index >= 15 is 0 Å². The minimum Gasteiger partial charge on any atom is -0.459 e. The van der Waals surface area contributed by atoms with Crippen molar-refractivity contribution in [2.75, 3.05) is 12.8 Å². The normalized spacial score (nSPS) is 16.6. The number of hydrogen-bond acceptors (Lipinski definition) is 6. The first-order chi connectivity index (χ1) is 6.99. The Morgan fingerprint density at radius 3 is 2.06 bits per heavy atom. The predicted octanol–water partition coefficient (Wildman–Crippen LogP) is -0.973. The van der Waals surface area contributed by atoms with Crippen LogP contribution in [0.4, 0.5) is 0 Å². The molecule has 0 rings (SSSR count). The number of esters is 1. The molecule has 0 aliphatic rings. The molecule has 0 aromatic heterocycles. The zero-order valence-corrected chi connectivity index (χ0v) is 10.9. The minimum absolute atomic E-state index is 0.209. The van der Waals surface area contributed by atoms with E-state index in [9.17, 15) is 13.2 Å². The maximum atomic E-state index is 11.5. The second-order valence-corrected chi connectivity index (χ2v) is 6.93. The Labute approximate surface area is 96.2 Å². The van der Waals surface area contributed by atoms with Gasteiger partial charge in [-0.2, -0.15) is 0 Å². The second kappa shape index (κ2) is 5.11. The molecular weight excluding hydrogens is 232 g/mol.